The maximum absolute atomic E-state index is 11.5. The number of aliphatic hydroxyl groups excluding tert-OH is 1. The van der Waals surface area contributed by atoms with Gasteiger partial charge in [-0.25, -0.2) is 8.42 Å². The Labute approximate surface area is 80.6 Å². The molecule has 0 spiro atoms. The van der Waals surface area contributed by atoms with Crippen molar-refractivity contribution in [2.45, 2.75) is 32.7 Å². The molecule has 0 aromatic heterocycles. The summed E-state index contributed by atoms with van der Waals surface area (Å²) in [5, 5.41) is 8.58. The van der Waals surface area contributed by atoms with Crippen LogP contribution in [0.4, 0.5) is 0 Å². The highest BCUT2D eigenvalue weighted by atomic mass is 32.2. The minimum Gasteiger partial charge on any atom is -0.395 e. The molecule has 0 aliphatic heterocycles. The lowest BCUT2D eigenvalue weighted by atomic mass is 10.0. The molecule has 1 N–H and O–H groups in total. The van der Waals surface area contributed by atoms with Crippen LogP contribution >= 0.6 is 0 Å². The fourth-order valence-corrected chi connectivity index (χ4v) is 2.24. The first kappa shape index (κ1) is 12.9. The van der Waals surface area contributed by atoms with Crippen LogP contribution in [0.3, 0.4) is 0 Å². The second-order valence-corrected chi connectivity index (χ2v) is 5.79. The van der Waals surface area contributed by atoms with Gasteiger partial charge in [0.2, 0.25) is 10.0 Å². The lowest BCUT2D eigenvalue weighted by Crippen LogP contribution is -2.45. The Balaban J connectivity index is 4.69. The van der Waals surface area contributed by atoms with Crippen LogP contribution in [0.15, 0.2) is 0 Å². The topological polar surface area (TPSA) is 57.6 Å². The Morgan fingerprint density at radius 2 is 1.85 bits per heavy atom. The van der Waals surface area contributed by atoms with Gasteiger partial charge in [0.05, 0.1) is 12.4 Å². The first-order valence-corrected chi connectivity index (χ1v) is 5.96. The Bertz CT molecular complexity index is 246. The molecule has 0 aliphatic carbocycles. The van der Waals surface area contributed by atoms with Crippen LogP contribution < -0.4 is 0 Å². The maximum Gasteiger partial charge on any atom is 0.216 e. The van der Waals surface area contributed by atoms with E-state index in [-0.39, 0.29) is 17.9 Å². The lowest BCUT2D eigenvalue weighted by Gasteiger charge is -2.33. The molecule has 0 unspecified atom stereocenters. The van der Waals surface area contributed by atoms with Crippen molar-refractivity contribution >= 4 is 10.0 Å². The molecule has 0 rings (SSSR count). The third-order valence-corrected chi connectivity index (χ3v) is 4.51. The monoisotopic (exact) mass is 209 g/mol. The van der Waals surface area contributed by atoms with Crippen molar-refractivity contribution in [2.75, 3.05) is 19.4 Å². The minimum atomic E-state index is -3.30. The van der Waals surface area contributed by atoms with E-state index in [9.17, 15) is 8.42 Å². The zero-order valence-electron chi connectivity index (χ0n) is 8.74. The van der Waals surface area contributed by atoms with Crippen molar-refractivity contribution in [2.24, 2.45) is 0 Å². The van der Waals surface area contributed by atoms with Crippen LogP contribution in [-0.2, 0) is 10.0 Å². The predicted octanol–water partition coefficient (Wildman–Crippen LogP) is 0.429. The van der Waals surface area contributed by atoms with Crippen molar-refractivity contribution in [3.63, 3.8) is 0 Å². The van der Waals surface area contributed by atoms with E-state index in [2.05, 4.69) is 0 Å². The van der Waals surface area contributed by atoms with E-state index in [1.54, 1.807) is 7.05 Å². The molecule has 0 atom stereocenters. The largest absolute Gasteiger partial charge is 0.395 e. The van der Waals surface area contributed by atoms with E-state index < -0.39 is 10.0 Å². The molecular formula is C8H19NO3S. The van der Waals surface area contributed by atoms with Gasteiger partial charge in [-0.05, 0) is 20.3 Å². The van der Waals surface area contributed by atoms with Gasteiger partial charge in [-0.2, -0.15) is 4.31 Å². The van der Waals surface area contributed by atoms with Crippen LogP contribution in [0, 0.1) is 0 Å². The lowest BCUT2D eigenvalue weighted by molar-refractivity contribution is 0.252. The number of rotatable bonds is 5. The van der Waals surface area contributed by atoms with E-state index in [1.165, 1.54) is 4.31 Å². The quantitative estimate of drug-likeness (QED) is 0.714. The van der Waals surface area contributed by atoms with E-state index in [0.29, 0.717) is 0 Å². The molecule has 0 radical (unpaired) electrons. The molecular weight excluding hydrogens is 190 g/mol. The van der Waals surface area contributed by atoms with Crippen molar-refractivity contribution < 1.29 is 13.5 Å². The summed E-state index contributed by atoms with van der Waals surface area (Å²) in [7, 11) is -1.75. The van der Waals surface area contributed by atoms with Crippen molar-refractivity contribution in [3.8, 4) is 0 Å². The summed E-state index contributed by atoms with van der Waals surface area (Å²) in [6, 6.07) is 0. The Kier molecular flexibility index (Phi) is 4.35. The summed E-state index contributed by atoms with van der Waals surface area (Å²) in [6.07, 6.45) is 0.744. The van der Waals surface area contributed by atoms with Crippen LogP contribution in [0.2, 0.25) is 0 Å². The molecule has 0 fully saturated rings. The first-order chi connectivity index (χ1) is 5.78. The third kappa shape index (κ3) is 3.25. The molecule has 0 amide bonds. The fraction of sp³-hybridized carbons (Fsp3) is 1.00. The molecule has 5 heteroatoms. The zero-order chi connectivity index (χ0) is 10.7. The third-order valence-electron chi connectivity index (χ3n) is 2.48. The number of nitrogens with zero attached hydrogens (tertiary/aromatic N) is 1. The van der Waals surface area contributed by atoms with Gasteiger partial charge in [0, 0.05) is 12.6 Å². The highest BCUT2D eigenvalue weighted by Gasteiger charge is 2.30. The van der Waals surface area contributed by atoms with Gasteiger partial charge in [0.1, 0.15) is 0 Å². The summed E-state index contributed by atoms with van der Waals surface area (Å²) in [5.74, 6) is -0.201. The zero-order valence-corrected chi connectivity index (χ0v) is 9.56. The van der Waals surface area contributed by atoms with Gasteiger partial charge >= 0.3 is 0 Å². The second kappa shape index (κ2) is 4.39. The minimum absolute atomic E-state index is 0.201. The van der Waals surface area contributed by atoms with Crippen molar-refractivity contribution in [3.05, 3.63) is 0 Å². The van der Waals surface area contributed by atoms with Gasteiger partial charge in [-0.1, -0.05) is 6.92 Å². The highest BCUT2D eigenvalue weighted by Crippen LogP contribution is 2.19. The SMILES string of the molecule is CCC(C)(C)N(C)S(=O)(=O)CCO. The number of aliphatic hydroxyl groups is 1. The summed E-state index contributed by atoms with van der Waals surface area (Å²) >= 11 is 0. The predicted molar refractivity (Wildman–Crippen MR) is 53.0 cm³/mol. The standard InChI is InChI=1S/C8H19NO3S/c1-5-8(2,3)9(4)13(11,12)7-6-10/h10H,5-7H2,1-4H3. The van der Waals surface area contributed by atoms with Gasteiger partial charge in [0.25, 0.3) is 0 Å². The molecule has 4 nitrogen and oxygen atoms in total. The molecule has 0 aliphatic rings. The van der Waals surface area contributed by atoms with Crippen molar-refractivity contribution in [1.82, 2.24) is 4.31 Å². The van der Waals surface area contributed by atoms with Crippen molar-refractivity contribution in [1.29, 1.82) is 0 Å². The van der Waals surface area contributed by atoms with Crippen LogP contribution in [0.5, 0.6) is 0 Å². The molecule has 0 aromatic carbocycles. The van der Waals surface area contributed by atoms with E-state index in [0.717, 1.165) is 6.42 Å². The molecule has 0 saturated heterocycles. The summed E-state index contributed by atoms with van der Waals surface area (Å²) in [6.45, 7) is 5.33. The first-order valence-electron chi connectivity index (χ1n) is 4.35. The van der Waals surface area contributed by atoms with Gasteiger partial charge in [-0.15, -0.1) is 0 Å². The van der Waals surface area contributed by atoms with Crippen LogP contribution in [0.25, 0.3) is 0 Å². The number of sulfonamides is 1. The van der Waals surface area contributed by atoms with E-state index in [4.69, 9.17) is 5.11 Å². The Hall–Kier alpha value is -0.130. The van der Waals surface area contributed by atoms with Gasteiger partial charge in [-0.3, -0.25) is 0 Å². The van der Waals surface area contributed by atoms with E-state index >= 15 is 0 Å². The molecule has 0 saturated carbocycles. The van der Waals surface area contributed by atoms with Crippen LogP contribution in [0.1, 0.15) is 27.2 Å². The molecule has 0 bridgehead atoms. The second-order valence-electron chi connectivity index (χ2n) is 3.67. The van der Waals surface area contributed by atoms with E-state index in [1.807, 2.05) is 20.8 Å². The summed E-state index contributed by atoms with van der Waals surface area (Å²) in [5.41, 5.74) is -0.381. The molecule has 13 heavy (non-hydrogen) atoms. The maximum atomic E-state index is 11.5. The van der Waals surface area contributed by atoms with Crippen LogP contribution in [-0.4, -0.2) is 42.8 Å². The fourth-order valence-electron chi connectivity index (χ4n) is 0.851. The summed E-state index contributed by atoms with van der Waals surface area (Å²) in [4.78, 5) is 0. The molecule has 0 aromatic rings. The normalized spacial score (nSPS) is 13.7. The average molecular weight is 209 g/mol. The summed E-state index contributed by atoms with van der Waals surface area (Å²) < 4.78 is 24.3. The Morgan fingerprint density at radius 1 is 1.38 bits per heavy atom. The van der Waals surface area contributed by atoms with Gasteiger partial charge < -0.3 is 5.11 Å². The molecule has 0 heterocycles. The van der Waals surface area contributed by atoms with Gasteiger partial charge in [0.15, 0.2) is 0 Å². The average Bonchev–Trinajstić information content (AvgIpc) is 2.03. The highest BCUT2D eigenvalue weighted by molar-refractivity contribution is 7.89. The number of hydrogen-bond acceptors (Lipinski definition) is 3. The number of hydrogen-bond donors (Lipinski definition) is 1. The smallest absolute Gasteiger partial charge is 0.216 e. The Morgan fingerprint density at radius 3 is 2.15 bits per heavy atom. The molecule has 80 valence electrons.